The number of esters is 1. The quantitative estimate of drug-likeness (QED) is 0.415. The Kier molecular flexibility index (Phi) is 5.24. The van der Waals surface area contributed by atoms with Crippen LogP contribution in [-0.4, -0.2) is 17.2 Å². The Morgan fingerprint density at radius 3 is 2.13 bits per heavy atom. The van der Waals surface area contributed by atoms with Gasteiger partial charge in [-0.15, -0.1) is 0 Å². The third-order valence-electron chi connectivity index (χ3n) is 1.97. The van der Waals surface area contributed by atoms with Gasteiger partial charge in [0.25, 0.3) is 0 Å². The van der Waals surface area contributed by atoms with E-state index in [1.54, 1.807) is 20.8 Å². The molecule has 0 aromatic carbocycles. The summed E-state index contributed by atoms with van der Waals surface area (Å²) in [7, 11) is 0. The molecule has 0 aliphatic heterocycles. The number of hydrogen-bond donors (Lipinski definition) is 2. The van der Waals surface area contributed by atoms with Gasteiger partial charge in [-0.05, 0) is 33.6 Å². The monoisotopic (exact) mass is 216 g/mol. The van der Waals surface area contributed by atoms with E-state index in [0.29, 0.717) is 6.42 Å². The van der Waals surface area contributed by atoms with Crippen LogP contribution in [0.4, 0.5) is 0 Å². The zero-order valence-electron chi connectivity index (χ0n) is 10.3. The van der Waals surface area contributed by atoms with E-state index in [0.717, 1.165) is 19.3 Å². The van der Waals surface area contributed by atoms with Gasteiger partial charge in [-0.3, -0.25) is 0 Å². The van der Waals surface area contributed by atoms with Crippen molar-refractivity contribution >= 4 is 5.97 Å². The second-order valence-corrected chi connectivity index (χ2v) is 5.00. The van der Waals surface area contributed by atoms with Crippen molar-refractivity contribution in [3.8, 4) is 0 Å². The summed E-state index contributed by atoms with van der Waals surface area (Å²) in [4.78, 5) is 11.6. The van der Waals surface area contributed by atoms with E-state index in [1.807, 2.05) is 0 Å². The summed E-state index contributed by atoms with van der Waals surface area (Å²) in [6.45, 7) is 7.48. The Bertz CT molecular complexity index is 207. The highest BCUT2D eigenvalue weighted by Gasteiger charge is 2.33. The first-order valence-electron chi connectivity index (χ1n) is 5.50. The second-order valence-electron chi connectivity index (χ2n) is 5.00. The Morgan fingerprint density at radius 1 is 1.20 bits per heavy atom. The molecule has 0 radical (unpaired) electrons. The molecule has 0 amide bonds. The number of carbonyl (C=O) groups excluding carboxylic acids is 1. The van der Waals surface area contributed by atoms with Gasteiger partial charge in [0.1, 0.15) is 5.60 Å². The molecule has 0 aliphatic rings. The van der Waals surface area contributed by atoms with Crippen LogP contribution in [-0.2, 0) is 9.53 Å². The van der Waals surface area contributed by atoms with Crippen molar-refractivity contribution in [3.05, 3.63) is 0 Å². The Balaban J connectivity index is 4.14. The molecule has 0 spiro atoms. The smallest absolute Gasteiger partial charge is 0.341 e. The maximum absolute atomic E-state index is 11.6. The SMILES string of the molecule is CCCCCC(N)(N)C(=O)OC(C)(C)C. The average molecular weight is 216 g/mol. The van der Waals surface area contributed by atoms with Crippen molar-refractivity contribution in [2.45, 2.75) is 64.6 Å². The van der Waals surface area contributed by atoms with E-state index >= 15 is 0 Å². The van der Waals surface area contributed by atoms with Gasteiger partial charge in [0.2, 0.25) is 0 Å². The molecule has 0 aliphatic carbocycles. The molecule has 0 rings (SSSR count). The predicted molar refractivity (Wildman–Crippen MR) is 61.1 cm³/mol. The summed E-state index contributed by atoms with van der Waals surface area (Å²) < 4.78 is 5.14. The van der Waals surface area contributed by atoms with E-state index in [-0.39, 0.29) is 0 Å². The fourth-order valence-electron chi connectivity index (χ4n) is 1.14. The van der Waals surface area contributed by atoms with Gasteiger partial charge < -0.3 is 16.2 Å². The first-order valence-corrected chi connectivity index (χ1v) is 5.50. The highest BCUT2D eigenvalue weighted by molar-refractivity contribution is 5.79. The lowest BCUT2D eigenvalue weighted by Crippen LogP contribution is -2.58. The number of carbonyl (C=O) groups is 1. The molecule has 4 N–H and O–H groups in total. The van der Waals surface area contributed by atoms with Gasteiger partial charge >= 0.3 is 5.97 Å². The molecule has 0 atom stereocenters. The summed E-state index contributed by atoms with van der Waals surface area (Å²) in [5.74, 6) is -0.522. The Morgan fingerprint density at radius 2 is 1.73 bits per heavy atom. The normalized spacial score (nSPS) is 12.7. The van der Waals surface area contributed by atoms with Crippen LogP contribution >= 0.6 is 0 Å². The summed E-state index contributed by atoms with van der Waals surface area (Å²) in [6, 6.07) is 0. The van der Waals surface area contributed by atoms with E-state index in [9.17, 15) is 4.79 Å². The average Bonchev–Trinajstić information content (AvgIpc) is 2.01. The van der Waals surface area contributed by atoms with E-state index < -0.39 is 17.2 Å². The molecule has 4 nitrogen and oxygen atoms in total. The fraction of sp³-hybridized carbons (Fsp3) is 0.909. The molecule has 4 heteroatoms. The molecular weight excluding hydrogens is 192 g/mol. The summed E-state index contributed by atoms with van der Waals surface area (Å²) >= 11 is 0. The molecule has 0 unspecified atom stereocenters. The first kappa shape index (κ1) is 14.4. The molecular formula is C11H24N2O2. The Hall–Kier alpha value is -0.610. The van der Waals surface area contributed by atoms with Crippen LogP contribution in [0.2, 0.25) is 0 Å². The fourth-order valence-corrected chi connectivity index (χ4v) is 1.14. The topological polar surface area (TPSA) is 78.3 Å². The molecule has 0 aromatic rings. The van der Waals surface area contributed by atoms with Crippen LogP contribution in [0.5, 0.6) is 0 Å². The van der Waals surface area contributed by atoms with Crippen molar-refractivity contribution in [3.63, 3.8) is 0 Å². The third-order valence-corrected chi connectivity index (χ3v) is 1.97. The largest absolute Gasteiger partial charge is 0.458 e. The van der Waals surface area contributed by atoms with Gasteiger partial charge in [-0.1, -0.05) is 19.8 Å². The van der Waals surface area contributed by atoms with Crippen molar-refractivity contribution < 1.29 is 9.53 Å². The molecule has 0 heterocycles. The van der Waals surface area contributed by atoms with Gasteiger partial charge in [0.05, 0.1) is 0 Å². The third kappa shape index (κ3) is 6.47. The van der Waals surface area contributed by atoms with Crippen LogP contribution in [0.25, 0.3) is 0 Å². The van der Waals surface area contributed by atoms with E-state index in [4.69, 9.17) is 16.2 Å². The van der Waals surface area contributed by atoms with Gasteiger partial charge in [-0.2, -0.15) is 0 Å². The van der Waals surface area contributed by atoms with Crippen molar-refractivity contribution in [1.29, 1.82) is 0 Å². The van der Waals surface area contributed by atoms with Gasteiger partial charge in [-0.25, -0.2) is 4.79 Å². The van der Waals surface area contributed by atoms with Crippen molar-refractivity contribution in [2.75, 3.05) is 0 Å². The molecule has 0 saturated carbocycles. The van der Waals surface area contributed by atoms with Gasteiger partial charge in [0, 0.05) is 0 Å². The minimum atomic E-state index is -1.34. The highest BCUT2D eigenvalue weighted by atomic mass is 16.6. The maximum Gasteiger partial charge on any atom is 0.341 e. The van der Waals surface area contributed by atoms with Crippen molar-refractivity contribution in [1.82, 2.24) is 0 Å². The lowest BCUT2D eigenvalue weighted by molar-refractivity contribution is -0.161. The van der Waals surface area contributed by atoms with E-state index in [1.165, 1.54) is 0 Å². The van der Waals surface area contributed by atoms with Gasteiger partial charge in [0.15, 0.2) is 5.66 Å². The maximum atomic E-state index is 11.6. The standard InChI is InChI=1S/C11H24N2O2/c1-5-6-7-8-11(12,13)9(14)15-10(2,3)4/h5-8,12-13H2,1-4H3. The predicted octanol–water partition coefficient (Wildman–Crippen LogP) is 1.52. The molecule has 0 bridgehead atoms. The minimum Gasteiger partial charge on any atom is -0.458 e. The molecule has 15 heavy (non-hydrogen) atoms. The number of nitrogens with two attached hydrogens (primary N) is 2. The first-order chi connectivity index (χ1) is 6.69. The molecule has 0 fully saturated rings. The van der Waals surface area contributed by atoms with Crippen LogP contribution in [0.15, 0.2) is 0 Å². The molecule has 0 saturated heterocycles. The summed E-state index contributed by atoms with van der Waals surface area (Å²) in [6.07, 6.45) is 3.42. The number of hydrogen-bond acceptors (Lipinski definition) is 4. The zero-order chi connectivity index (χ0) is 12.1. The lowest BCUT2D eigenvalue weighted by Gasteiger charge is -2.28. The summed E-state index contributed by atoms with van der Waals surface area (Å²) in [5, 5.41) is 0. The zero-order valence-corrected chi connectivity index (χ0v) is 10.3. The van der Waals surface area contributed by atoms with E-state index in [2.05, 4.69) is 6.92 Å². The van der Waals surface area contributed by atoms with Crippen LogP contribution < -0.4 is 11.5 Å². The minimum absolute atomic E-state index is 0.468. The molecule has 90 valence electrons. The number of unbranched alkanes of at least 4 members (excludes halogenated alkanes) is 2. The van der Waals surface area contributed by atoms with Crippen LogP contribution in [0.3, 0.4) is 0 Å². The highest BCUT2D eigenvalue weighted by Crippen LogP contribution is 2.14. The lowest BCUT2D eigenvalue weighted by atomic mass is 10.0. The van der Waals surface area contributed by atoms with Crippen LogP contribution in [0, 0.1) is 0 Å². The molecule has 0 aromatic heterocycles. The number of rotatable bonds is 5. The second kappa shape index (κ2) is 5.47. The summed E-state index contributed by atoms with van der Waals surface area (Å²) in [5.41, 5.74) is 9.54. The van der Waals surface area contributed by atoms with Crippen molar-refractivity contribution in [2.24, 2.45) is 11.5 Å². The van der Waals surface area contributed by atoms with Crippen LogP contribution in [0.1, 0.15) is 53.4 Å². The number of ether oxygens (including phenoxy) is 1. The Labute approximate surface area is 92.3 Å².